The Balaban J connectivity index is 1.18. The first-order chi connectivity index (χ1) is 15.7. The summed E-state index contributed by atoms with van der Waals surface area (Å²) >= 11 is 0. The number of anilines is 1. The van der Waals surface area contributed by atoms with Gasteiger partial charge in [0.2, 0.25) is 5.91 Å². The number of aromatic nitrogens is 2. The zero-order valence-corrected chi connectivity index (χ0v) is 17.8. The second-order valence-corrected chi connectivity index (χ2v) is 7.64. The van der Waals surface area contributed by atoms with Crippen LogP contribution >= 0.6 is 0 Å². The van der Waals surface area contributed by atoms with Gasteiger partial charge in [0.25, 0.3) is 5.56 Å². The van der Waals surface area contributed by atoms with Crippen molar-refractivity contribution in [3.63, 3.8) is 0 Å². The highest BCUT2D eigenvalue weighted by molar-refractivity contribution is 5.90. The van der Waals surface area contributed by atoms with Gasteiger partial charge in [0.1, 0.15) is 0 Å². The van der Waals surface area contributed by atoms with E-state index in [1.165, 1.54) is 11.1 Å². The molecule has 0 aliphatic heterocycles. The fourth-order valence-corrected chi connectivity index (χ4v) is 3.61. The summed E-state index contributed by atoms with van der Waals surface area (Å²) in [6.07, 6.45) is 1.93. The van der Waals surface area contributed by atoms with Gasteiger partial charge in [-0.2, -0.15) is 5.10 Å². The SMILES string of the molecule is O=C(CCc1ccc(-c2ccccc2)cc1)NCCCNc1n[nH]c(=O)c2ccccc12. The number of aryl methyl sites for hydroxylation is 1. The van der Waals surface area contributed by atoms with Crippen molar-refractivity contribution < 1.29 is 4.79 Å². The van der Waals surface area contributed by atoms with E-state index in [-0.39, 0.29) is 11.5 Å². The molecule has 3 N–H and O–H groups in total. The Kier molecular flexibility index (Phi) is 6.92. The lowest BCUT2D eigenvalue weighted by Gasteiger charge is -2.09. The third-order valence-corrected chi connectivity index (χ3v) is 5.37. The lowest BCUT2D eigenvalue weighted by molar-refractivity contribution is -0.121. The largest absolute Gasteiger partial charge is 0.368 e. The Bertz CT molecular complexity index is 1230. The molecule has 0 aliphatic rings. The molecule has 0 fully saturated rings. The fourth-order valence-electron chi connectivity index (χ4n) is 3.61. The molecule has 6 nitrogen and oxygen atoms in total. The van der Waals surface area contributed by atoms with Gasteiger partial charge in [0.15, 0.2) is 5.82 Å². The average molecular weight is 427 g/mol. The van der Waals surface area contributed by atoms with Crippen molar-refractivity contribution in [1.29, 1.82) is 0 Å². The molecule has 6 heteroatoms. The molecule has 3 aromatic carbocycles. The molecule has 0 radical (unpaired) electrons. The van der Waals surface area contributed by atoms with Crippen LogP contribution in [0.1, 0.15) is 18.4 Å². The molecule has 1 amide bonds. The number of carbonyl (C=O) groups excluding carboxylic acids is 1. The topological polar surface area (TPSA) is 86.9 Å². The lowest BCUT2D eigenvalue weighted by atomic mass is 10.0. The monoisotopic (exact) mass is 426 g/mol. The number of hydrogen-bond acceptors (Lipinski definition) is 4. The minimum absolute atomic E-state index is 0.0461. The predicted octanol–water partition coefficient (Wildman–Crippen LogP) is 4.14. The van der Waals surface area contributed by atoms with Crippen LogP contribution in [0.4, 0.5) is 5.82 Å². The number of aromatic amines is 1. The number of rotatable bonds is 9. The van der Waals surface area contributed by atoms with Crippen molar-refractivity contribution >= 4 is 22.5 Å². The Labute approximate surface area is 186 Å². The van der Waals surface area contributed by atoms with E-state index in [1.54, 1.807) is 6.07 Å². The molecule has 0 saturated carbocycles. The maximum atomic E-state index is 12.2. The summed E-state index contributed by atoms with van der Waals surface area (Å²) < 4.78 is 0. The van der Waals surface area contributed by atoms with Gasteiger partial charge in [-0.3, -0.25) is 9.59 Å². The molecule has 32 heavy (non-hydrogen) atoms. The molecule has 4 aromatic rings. The van der Waals surface area contributed by atoms with Gasteiger partial charge < -0.3 is 10.6 Å². The number of carbonyl (C=O) groups is 1. The first-order valence-corrected chi connectivity index (χ1v) is 10.8. The molecular weight excluding hydrogens is 400 g/mol. The minimum atomic E-state index is -0.201. The van der Waals surface area contributed by atoms with E-state index in [1.807, 2.05) is 36.4 Å². The number of benzene rings is 3. The van der Waals surface area contributed by atoms with Crippen molar-refractivity contribution in [2.24, 2.45) is 0 Å². The maximum Gasteiger partial charge on any atom is 0.272 e. The van der Waals surface area contributed by atoms with Gasteiger partial charge in [0, 0.05) is 24.9 Å². The van der Waals surface area contributed by atoms with E-state index in [4.69, 9.17) is 0 Å². The molecule has 0 bridgehead atoms. The number of H-pyrrole nitrogens is 1. The Morgan fingerprint density at radius 2 is 1.50 bits per heavy atom. The molecule has 1 heterocycles. The number of nitrogens with one attached hydrogen (secondary N) is 3. The minimum Gasteiger partial charge on any atom is -0.368 e. The van der Waals surface area contributed by atoms with Crippen LogP contribution in [0.2, 0.25) is 0 Å². The summed E-state index contributed by atoms with van der Waals surface area (Å²) in [5.74, 6) is 0.690. The summed E-state index contributed by atoms with van der Waals surface area (Å²) in [5, 5.41) is 14.2. The summed E-state index contributed by atoms with van der Waals surface area (Å²) in [7, 11) is 0. The number of hydrogen-bond donors (Lipinski definition) is 3. The van der Waals surface area contributed by atoms with E-state index >= 15 is 0 Å². The number of fused-ring (bicyclic) bond motifs is 1. The molecule has 0 aliphatic carbocycles. The summed E-state index contributed by atoms with van der Waals surface area (Å²) in [6, 6.07) is 26.0. The van der Waals surface area contributed by atoms with Gasteiger partial charge in [-0.1, -0.05) is 72.8 Å². The van der Waals surface area contributed by atoms with Crippen molar-refractivity contribution in [3.8, 4) is 11.1 Å². The van der Waals surface area contributed by atoms with Gasteiger partial charge in [0.05, 0.1) is 5.39 Å². The van der Waals surface area contributed by atoms with E-state index in [0.717, 1.165) is 17.4 Å². The van der Waals surface area contributed by atoms with E-state index in [0.29, 0.717) is 37.1 Å². The third kappa shape index (κ3) is 5.40. The van der Waals surface area contributed by atoms with E-state index < -0.39 is 0 Å². The van der Waals surface area contributed by atoms with Gasteiger partial charge >= 0.3 is 0 Å². The van der Waals surface area contributed by atoms with E-state index in [9.17, 15) is 9.59 Å². The van der Waals surface area contributed by atoms with Crippen molar-refractivity contribution in [2.45, 2.75) is 19.3 Å². The van der Waals surface area contributed by atoms with Crippen molar-refractivity contribution in [2.75, 3.05) is 18.4 Å². The second-order valence-electron chi connectivity index (χ2n) is 7.64. The second kappa shape index (κ2) is 10.4. The zero-order chi connectivity index (χ0) is 22.2. The molecule has 4 rings (SSSR count). The van der Waals surface area contributed by atoms with Crippen molar-refractivity contribution in [3.05, 3.63) is 94.8 Å². The first-order valence-electron chi connectivity index (χ1n) is 10.8. The zero-order valence-electron chi connectivity index (χ0n) is 17.8. The van der Waals surface area contributed by atoms with Crippen LogP contribution in [-0.4, -0.2) is 29.2 Å². The highest BCUT2D eigenvalue weighted by Crippen LogP contribution is 2.20. The standard InChI is InChI=1S/C26H26N4O2/c31-24(16-13-19-11-14-21(15-12-19)20-7-2-1-3-8-20)27-17-6-18-28-25-22-9-4-5-10-23(22)26(32)30-29-25/h1-5,7-12,14-15H,6,13,16-18H2,(H,27,31)(H,28,29)(H,30,32). The fraction of sp³-hybridized carbons (Fsp3) is 0.192. The smallest absolute Gasteiger partial charge is 0.272 e. The summed E-state index contributed by atoms with van der Waals surface area (Å²) in [4.78, 5) is 24.0. The molecule has 0 spiro atoms. The number of amides is 1. The predicted molar refractivity (Wildman–Crippen MR) is 129 cm³/mol. The van der Waals surface area contributed by atoms with Crippen LogP contribution in [0.3, 0.4) is 0 Å². The van der Waals surface area contributed by atoms with Crippen LogP contribution in [-0.2, 0) is 11.2 Å². The van der Waals surface area contributed by atoms with Gasteiger partial charge in [-0.25, -0.2) is 5.10 Å². The summed E-state index contributed by atoms with van der Waals surface area (Å²) in [5.41, 5.74) is 3.32. The molecular formula is C26H26N4O2. The highest BCUT2D eigenvalue weighted by atomic mass is 16.1. The van der Waals surface area contributed by atoms with Crippen LogP contribution in [0.15, 0.2) is 83.7 Å². The maximum absolute atomic E-state index is 12.2. The average Bonchev–Trinajstić information content (AvgIpc) is 2.85. The van der Waals surface area contributed by atoms with Crippen molar-refractivity contribution in [1.82, 2.24) is 15.5 Å². The Morgan fingerprint density at radius 1 is 0.812 bits per heavy atom. The molecule has 0 saturated heterocycles. The molecule has 1 aromatic heterocycles. The van der Waals surface area contributed by atoms with Crippen LogP contribution in [0.25, 0.3) is 21.9 Å². The van der Waals surface area contributed by atoms with Crippen LogP contribution in [0, 0.1) is 0 Å². The normalized spacial score (nSPS) is 10.8. The lowest BCUT2D eigenvalue weighted by Crippen LogP contribution is -2.26. The first kappa shape index (κ1) is 21.3. The highest BCUT2D eigenvalue weighted by Gasteiger charge is 2.06. The number of nitrogens with zero attached hydrogens (tertiary/aromatic N) is 1. The van der Waals surface area contributed by atoms with Gasteiger partial charge in [-0.05, 0) is 35.6 Å². The molecule has 0 atom stereocenters. The van der Waals surface area contributed by atoms with E-state index in [2.05, 4.69) is 57.2 Å². The molecule has 0 unspecified atom stereocenters. The van der Waals surface area contributed by atoms with Crippen LogP contribution < -0.4 is 16.2 Å². The van der Waals surface area contributed by atoms with Gasteiger partial charge in [-0.15, -0.1) is 0 Å². The quantitative estimate of drug-likeness (QED) is 0.351. The summed E-state index contributed by atoms with van der Waals surface area (Å²) in [6.45, 7) is 1.23. The van der Waals surface area contributed by atoms with Crippen LogP contribution in [0.5, 0.6) is 0 Å². The third-order valence-electron chi connectivity index (χ3n) is 5.37. The Morgan fingerprint density at radius 3 is 2.28 bits per heavy atom. The molecule has 162 valence electrons. The Hall–Kier alpha value is -3.93.